The van der Waals surface area contributed by atoms with E-state index in [1.165, 1.54) is 31.9 Å². The van der Waals surface area contributed by atoms with Crippen molar-refractivity contribution in [3.8, 4) is 0 Å². The van der Waals surface area contributed by atoms with E-state index in [0.717, 1.165) is 18.3 Å². The second kappa shape index (κ2) is 7.64. The Labute approximate surface area is 131 Å². The highest BCUT2D eigenvalue weighted by atomic mass is 35.5. The van der Waals surface area contributed by atoms with Crippen molar-refractivity contribution in [2.75, 3.05) is 18.9 Å². The molecule has 1 heterocycles. The van der Waals surface area contributed by atoms with Crippen LogP contribution in [0.25, 0.3) is 0 Å². The van der Waals surface area contributed by atoms with Gasteiger partial charge in [0.1, 0.15) is 5.82 Å². The third-order valence-corrected chi connectivity index (χ3v) is 4.63. The third kappa shape index (κ3) is 4.60. The molecule has 0 unspecified atom stereocenters. The molecule has 1 saturated carbocycles. The minimum atomic E-state index is -0.122. The van der Waals surface area contributed by atoms with Gasteiger partial charge in [-0.05, 0) is 24.3 Å². The van der Waals surface area contributed by atoms with Gasteiger partial charge in [0.25, 0.3) is 5.91 Å². The third-order valence-electron chi connectivity index (χ3n) is 4.33. The quantitative estimate of drug-likeness (QED) is 0.871. The van der Waals surface area contributed by atoms with Crippen LogP contribution in [0.2, 0.25) is 5.02 Å². The zero-order chi connectivity index (χ0) is 15.2. The second-order valence-electron chi connectivity index (χ2n) is 5.97. The van der Waals surface area contributed by atoms with E-state index in [-0.39, 0.29) is 5.91 Å². The molecule has 1 aromatic rings. The van der Waals surface area contributed by atoms with Gasteiger partial charge in [0.15, 0.2) is 0 Å². The molecule has 116 valence electrons. The van der Waals surface area contributed by atoms with Crippen molar-refractivity contribution < 1.29 is 4.79 Å². The van der Waals surface area contributed by atoms with Crippen LogP contribution in [0.5, 0.6) is 0 Å². The number of hydrogen-bond donors (Lipinski definition) is 2. The van der Waals surface area contributed by atoms with E-state index in [1.807, 2.05) is 0 Å². The van der Waals surface area contributed by atoms with Gasteiger partial charge in [-0.1, -0.05) is 44.2 Å². The molecule has 1 aliphatic rings. The molecule has 0 atom stereocenters. The summed E-state index contributed by atoms with van der Waals surface area (Å²) < 4.78 is 0. The molecule has 2 N–H and O–H groups in total. The highest BCUT2D eigenvalue weighted by Gasteiger charge is 2.18. The Kier molecular flexibility index (Phi) is 5.85. The van der Waals surface area contributed by atoms with Crippen molar-refractivity contribution in [1.29, 1.82) is 0 Å². The van der Waals surface area contributed by atoms with Crippen LogP contribution in [0.3, 0.4) is 0 Å². The van der Waals surface area contributed by atoms with E-state index in [0.29, 0.717) is 22.9 Å². The molecule has 0 radical (unpaired) electrons. The van der Waals surface area contributed by atoms with Crippen LogP contribution in [0.1, 0.15) is 49.4 Å². The first-order chi connectivity index (χ1) is 10.1. The van der Waals surface area contributed by atoms with E-state index in [2.05, 4.69) is 22.5 Å². The van der Waals surface area contributed by atoms with Crippen molar-refractivity contribution >= 4 is 23.3 Å². The highest BCUT2D eigenvalue weighted by molar-refractivity contribution is 6.33. The lowest BCUT2D eigenvalue weighted by Crippen LogP contribution is -2.27. The summed E-state index contributed by atoms with van der Waals surface area (Å²) in [6.45, 7) is 3.04. The number of aromatic nitrogens is 1. The summed E-state index contributed by atoms with van der Waals surface area (Å²) in [5.74, 6) is 2.14. The summed E-state index contributed by atoms with van der Waals surface area (Å²) in [7, 11) is 1.77. The van der Waals surface area contributed by atoms with Gasteiger partial charge < -0.3 is 10.6 Å². The van der Waals surface area contributed by atoms with E-state index < -0.39 is 0 Å². The van der Waals surface area contributed by atoms with Gasteiger partial charge in [-0.2, -0.15) is 0 Å². The van der Waals surface area contributed by atoms with Crippen LogP contribution < -0.4 is 10.6 Å². The summed E-state index contributed by atoms with van der Waals surface area (Å²) in [6.07, 6.45) is 7.78. The van der Waals surface area contributed by atoms with Crippen LogP contribution in [-0.4, -0.2) is 24.5 Å². The number of nitrogens with one attached hydrogen (secondary N) is 2. The summed E-state index contributed by atoms with van der Waals surface area (Å²) in [4.78, 5) is 16.3. The number of pyridine rings is 1. The maximum absolute atomic E-state index is 12.2. The maximum atomic E-state index is 12.2. The largest absolute Gasteiger partial charge is 0.373 e. The molecule has 2 rings (SSSR count). The molecule has 0 saturated heterocycles. The average molecular weight is 310 g/mol. The number of carbonyl (C=O) groups is 1. The first-order valence-electron chi connectivity index (χ1n) is 7.71. The van der Waals surface area contributed by atoms with Crippen molar-refractivity contribution in [3.05, 3.63) is 22.8 Å². The number of nitrogens with zero attached hydrogens (tertiary/aromatic N) is 1. The van der Waals surface area contributed by atoms with Gasteiger partial charge >= 0.3 is 0 Å². The zero-order valence-corrected chi connectivity index (χ0v) is 13.5. The lowest BCUT2D eigenvalue weighted by molar-refractivity contribution is 0.0950. The molecule has 5 heteroatoms. The molecule has 21 heavy (non-hydrogen) atoms. The number of rotatable bonds is 5. The van der Waals surface area contributed by atoms with Crippen LogP contribution in [0, 0.1) is 11.8 Å². The average Bonchev–Trinajstić information content (AvgIpc) is 2.49. The monoisotopic (exact) mass is 309 g/mol. The Morgan fingerprint density at radius 1 is 1.38 bits per heavy atom. The summed E-state index contributed by atoms with van der Waals surface area (Å²) >= 11 is 6.04. The molecule has 0 spiro atoms. The smallest absolute Gasteiger partial charge is 0.252 e. The number of halogens is 1. The zero-order valence-electron chi connectivity index (χ0n) is 12.8. The summed E-state index contributed by atoms with van der Waals surface area (Å²) in [5.41, 5.74) is 0.480. The predicted octanol–water partition coefficient (Wildman–Crippen LogP) is 3.72. The van der Waals surface area contributed by atoms with Crippen molar-refractivity contribution in [2.24, 2.45) is 11.8 Å². The lowest BCUT2D eigenvalue weighted by Gasteiger charge is -2.26. The van der Waals surface area contributed by atoms with Crippen molar-refractivity contribution in [3.63, 3.8) is 0 Å². The van der Waals surface area contributed by atoms with Gasteiger partial charge in [-0.25, -0.2) is 4.98 Å². The molecule has 4 nitrogen and oxygen atoms in total. The summed E-state index contributed by atoms with van der Waals surface area (Å²) in [5, 5.41) is 6.27. The Balaban J connectivity index is 1.82. The second-order valence-corrected chi connectivity index (χ2v) is 6.38. The van der Waals surface area contributed by atoms with Crippen LogP contribution >= 0.6 is 11.6 Å². The van der Waals surface area contributed by atoms with Crippen LogP contribution in [0.4, 0.5) is 5.82 Å². The predicted molar refractivity (Wildman–Crippen MR) is 86.9 cm³/mol. The first kappa shape index (κ1) is 16.1. The van der Waals surface area contributed by atoms with E-state index in [9.17, 15) is 4.79 Å². The van der Waals surface area contributed by atoms with Gasteiger partial charge in [0, 0.05) is 19.8 Å². The lowest BCUT2D eigenvalue weighted by atomic mass is 9.81. The Hall–Kier alpha value is -1.29. The fraction of sp³-hybridized carbons (Fsp3) is 0.625. The molecule has 1 aliphatic carbocycles. The maximum Gasteiger partial charge on any atom is 0.252 e. The molecule has 1 amide bonds. The minimum absolute atomic E-state index is 0.122. The van der Waals surface area contributed by atoms with Crippen LogP contribution in [-0.2, 0) is 0 Å². The fourth-order valence-electron chi connectivity index (χ4n) is 2.85. The number of hydrogen-bond acceptors (Lipinski definition) is 3. The standard InChI is InChI=1S/C16H24ClN3O/c1-11-3-5-12(6-4-11)7-8-19-16(21)13-9-15(18-2)20-10-14(13)17/h9-12H,3-8H2,1-2H3,(H,18,20)(H,19,21). The van der Waals surface area contributed by atoms with E-state index >= 15 is 0 Å². The topological polar surface area (TPSA) is 54.0 Å². The van der Waals surface area contributed by atoms with Crippen molar-refractivity contribution in [2.45, 2.75) is 39.0 Å². The van der Waals surface area contributed by atoms with Gasteiger partial charge in [0.05, 0.1) is 10.6 Å². The molecular formula is C16H24ClN3O. The van der Waals surface area contributed by atoms with Crippen LogP contribution in [0.15, 0.2) is 12.3 Å². The molecule has 0 aliphatic heterocycles. The fourth-order valence-corrected chi connectivity index (χ4v) is 3.04. The SMILES string of the molecule is CNc1cc(C(=O)NCCC2CCC(C)CC2)c(Cl)cn1. The number of anilines is 1. The van der Waals surface area contributed by atoms with Gasteiger partial charge in [-0.15, -0.1) is 0 Å². The normalized spacial score (nSPS) is 21.9. The Bertz CT molecular complexity index is 484. The van der Waals surface area contributed by atoms with Gasteiger partial charge in [0.2, 0.25) is 0 Å². The number of carbonyl (C=O) groups excluding carboxylic acids is 1. The molecule has 0 bridgehead atoms. The highest BCUT2D eigenvalue weighted by Crippen LogP contribution is 2.30. The molecule has 1 fully saturated rings. The molecule has 1 aromatic heterocycles. The molecule has 0 aromatic carbocycles. The van der Waals surface area contributed by atoms with Gasteiger partial charge in [-0.3, -0.25) is 4.79 Å². The van der Waals surface area contributed by atoms with Crippen molar-refractivity contribution in [1.82, 2.24) is 10.3 Å². The molecular weight excluding hydrogens is 286 g/mol. The number of amides is 1. The van der Waals surface area contributed by atoms with E-state index in [4.69, 9.17) is 11.6 Å². The minimum Gasteiger partial charge on any atom is -0.373 e. The Morgan fingerprint density at radius 3 is 2.76 bits per heavy atom. The first-order valence-corrected chi connectivity index (χ1v) is 8.09. The summed E-state index contributed by atoms with van der Waals surface area (Å²) in [6, 6.07) is 1.68. The van der Waals surface area contributed by atoms with E-state index in [1.54, 1.807) is 13.1 Å². The Morgan fingerprint density at radius 2 is 2.10 bits per heavy atom.